The highest BCUT2D eigenvalue weighted by atomic mass is 32.1. The molecule has 1 heterocycles. The van der Waals surface area contributed by atoms with Gasteiger partial charge in [0.1, 0.15) is 5.82 Å². The average molecular weight is 244 g/mol. The van der Waals surface area contributed by atoms with E-state index in [1.54, 1.807) is 5.38 Å². The van der Waals surface area contributed by atoms with Gasteiger partial charge in [0, 0.05) is 10.9 Å². The Balaban J connectivity index is 2.37. The Morgan fingerprint density at radius 3 is 2.19 bits per heavy atom. The molecule has 2 N–H and O–H groups in total. The molecule has 0 aliphatic rings. The van der Waals surface area contributed by atoms with Crippen LogP contribution in [0.4, 0.5) is 19.0 Å². The second-order valence-corrected chi connectivity index (χ2v) is 3.82. The number of nitrogen functional groups attached to an aromatic ring is 1. The molecule has 0 bridgehead atoms. The van der Waals surface area contributed by atoms with Crippen molar-refractivity contribution in [3.05, 3.63) is 35.2 Å². The molecule has 1 aromatic heterocycles. The largest absolute Gasteiger partial charge is 0.416 e. The summed E-state index contributed by atoms with van der Waals surface area (Å²) in [5, 5.41) is 1.71. The van der Waals surface area contributed by atoms with Crippen LogP contribution in [0, 0.1) is 0 Å². The fourth-order valence-corrected chi connectivity index (χ4v) is 1.93. The number of hydrogen-bond acceptors (Lipinski definition) is 3. The third-order valence-corrected chi connectivity index (χ3v) is 2.76. The van der Waals surface area contributed by atoms with Crippen molar-refractivity contribution in [2.45, 2.75) is 6.18 Å². The third kappa shape index (κ3) is 2.01. The monoisotopic (exact) mass is 244 g/mol. The molecular weight excluding hydrogens is 237 g/mol. The maximum absolute atomic E-state index is 12.3. The van der Waals surface area contributed by atoms with Crippen LogP contribution in [0.1, 0.15) is 5.56 Å². The Hall–Kier alpha value is -1.56. The molecule has 2 aromatic rings. The van der Waals surface area contributed by atoms with Gasteiger partial charge in [-0.05, 0) is 29.2 Å². The summed E-state index contributed by atoms with van der Waals surface area (Å²) < 4.78 is 40.8. The third-order valence-electron chi connectivity index (χ3n) is 2.12. The summed E-state index contributed by atoms with van der Waals surface area (Å²) in [7, 11) is 0. The summed E-state index contributed by atoms with van der Waals surface area (Å²) in [5.41, 5.74) is 6.21. The summed E-state index contributed by atoms with van der Waals surface area (Å²) in [6.07, 6.45) is -4.31. The summed E-state index contributed by atoms with van der Waals surface area (Å²) in [5.74, 6) is 0.338. The van der Waals surface area contributed by atoms with Gasteiger partial charge in [-0.25, -0.2) is 0 Å². The SMILES string of the molecule is Nc1nscc1-c1ccc(C(F)(F)F)cc1. The van der Waals surface area contributed by atoms with Crippen LogP contribution in [0.25, 0.3) is 11.1 Å². The minimum atomic E-state index is -4.31. The Labute approximate surface area is 93.7 Å². The van der Waals surface area contributed by atoms with Crippen LogP contribution < -0.4 is 5.73 Å². The lowest BCUT2D eigenvalue weighted by atomic mass is 10.1. The lowest BCUT2D eigenvalue weighted by molar-refractivity contribution is -0.137. The fraction of sp³-hybridized carbons (Fsp3) is 0.100. The van der Waals surface area contributed by atoms with Gasteiger partial charge < -0.3 is 5.73 Å². The number of anilines is 1. The quantitative estimate of drug-likeness (QED) is 0.834. The molecule has 0 atom stereocenters. The zero-order chi connectivity index (χ0) is 11.8. The van der Waals surface area contributed by atoms with Gasteiger partial charge in [-0.2, -0.15) is 17.5 Å². The first-order valence-electron chi connectivity index (χ1n) is 4.36. The van der Waals surface area contributed by atoms with E-state index in [0.29, 0.717) is 16.9 Å². The predicted octanol–water partition coefficient (Wildman–Crippen LogP) is 3.41. The van der Waals surface area contributed by atoms with Crippen LogP contribution in [-0.2, 0) is 6.18 Å². The van der Waals surface area contributed by atoms with Gasteiger partial charge in [0.2, 0.25) is 0 Å². The van der Waals surface area contributed by atoms with Crippen LogP contribution >= 0.6 is 11.5 Å². The molecule has 84 valence electrons. The Morgan fingerprint density at radius 1 is 1.12 bits per heavy atom. The van der Waals surface area contributed by atoms with Crippen LogP contribution in [0.5, 0.6) is 0 Å². The fourth-order valence-electron chi connectivity index (χ4n) is 1.30. The van der Waals surface area contributed by atoms with E-state index in [0.717, 1.165) is 12.1 Å². The molecule has 0 saturated carbocycles. The molecular formula is C10H7F3N2S. The molecule has 2 rings (SSSR count). The van der Waals surface area contributed by atoms with Gasteiger partial charge in [0.05, 0.1) is 5.56 Å². The second kappa shape index (κ2) is 3.79. The molecule has 0 aliphatic heterocycles. The lowest BCUT2D eigenvalue weighted by Crippen LogP contribution is -2.04. The summed E-state index contributed by atoms with van der Waals surface area (Å²) in [6, 6.07) is 4.85. The second-order valence-electron chi connectivity index (χ2n) is 3.19. The first kappa shape index (κ1) is 10.9. The van der Waals surface area contributed by atoms with Gasteiger partial charge in [-0.3, -0.25) is 0 Å². The van der Waals surface area contributed by atoms with Gasteiger partial charge in [0.25, 0.3) is 0 Å². The molecule has 1 aromatic carbocycles. The van der Waals surface area contributed by atoms with Crippen molar-refractivity contribution in [3.63, 3.8) is 0 Å². The first-order chi connectivity index (χ1) is 7.48. The topological polar surface area (TPSA) is 38.9 Å². The van der Waals surface area contributed by atoms with E-state index in [2.05, 4.69) is 4.37 Å². The smallest absolute Gasteiger partial charge is 0.382 e. The molecule has 0 unspecified atom stereocenters. The highest BCUT2D eigenvalue weighted by Gasteiger charge is 2.30. The highest BCUT2D eigenvalue weighted by Crippen LogP contribution is 2.32. The average Bonchev–Trinajstić information content (AvgIpc) is 2.63. The van der Waals surface area contributed by atoms with E-state index in [1.165, 1.54) is 23.7 Å². The molecule has 0 amide bonds. The van der Waals surface area contributed by atoms with E-state index >= 15 is 0 Å². The zero-order valence-corrected chi connectivity index (χ0v) is 8.77. The number of nitrogens with two attached hydrogens (primary N) is 1. The van der Waals surface area contributed by atoms with Crippen molar-refractivity contribution in [2.75, 3.05) is 5.73 Å². The van der Waals surface area contributed by atoms with Gasteiger partial charge in [-0.15, -0.1) is 0 Å². The number of aromatic nitrogens is 1. The number of hydrogen-bond donors (Lipinski definition) is 1. The van der Waals surface area contributed by atoms with Crippen molar-refractivity contribution in [2.24, 2.45) is 0 Å². The van der Waals surface area contributed by atoms with Crippen LogP contribution in [0.2, 0.25) is 0 Å². The number of alkyl halides is 3. The van der Waals surface area contributed by atoms with E-state index in [9.17, 15) is 13.2 Å². The van der Waals surface area contributed by atoms with Gasteiger partial charge in [0.15, 0.2) is 0 Å². The predicted molar refractivity (Wildman–Crippen MR) is 57.0 cm³/mol. The zero-order valence-electron chi connectivity index (χ0n) is 7.95. The van der Waals surface area contributed by atoms with Crippen LogP contribution in [-0.4, -0.2) is 4.37 Å². The number of halogens is 3. The summed E-state index contributed by atoms with van der Waals surface area (Å²) >= 11 is 1.17. The van der Waals surface area contributed by atoms with E-state index in [1.807, 2.05) is 0 Å². The molecule has 0 aliphatic carbocycles. The van der Waals surface area contributed by atoms with E-state index in [4.69, 9.17) is 5.73 Å². The first-order valence-corrected chi connectivity index (χ1v) is 5.19. The molecule has 0 fully saturated rings. The maximum atomic E-state index is 12.3. The molecule has 16 heavy (non-hydrogen) atoms. The van der Waals surface area contributed by atoms with Crippen molar-refractivity contribution in [3.8, 4) is 11.1 Å². The maximum Gasteiger partial charge on any atom is 0.416 e. The summed E-state index contributed by atoms with van der Waals surface area (Å²) in [6.45, 7) is 0. The Bertz CT molecular complexity index is 488. The highest BCUT2D eigenvalue weighted by molar-refractivity contribution is 7.04. The molecule has 0 radical (unpaired) electrons. The van der Waals surface area contributed by atoms with Crippen LogP contribution in [0.3, 0.4) is 0 Å². The van der Waals surface area contributed by atoms with E-state index < -0.39 is 11.7 Å². The lowest BCUT2D eigenvalue weighted by Gasteiger charge is -2.06. The van der Waals surface area contributed by atoms with Gasteiger partial charge in [-0.1, -0.05) is 12.1 Å². The van der Waals surface area contributed by atoms with Crippen LogP contribution in [0.15, 0.2) is 29.6 Å². The number of benzene rings is 1. The Morgan fingerprint density at radius 2 is 1.75 bits per heavy atom. The van der Waals surface area contributed by atoms with Crippen molar-refractivity contribution >= 4 is 17.4 Å². The molecule has 2 nitrogen and oxygen atoms in total. The standard InChI is InChI=1S/C10H7F3N2S/c11-10(12,13)7-3-1-6(2-4-7)8-5-16-15-9(8)14/h1-5H,(H2,14,15). The number of nitrogens with zero attached hydrogens (tertiary/aromatic N) is 1. The van der Waals surface area contributed by atoms with Crippen molar-refractivity contribution in [1.29, 1.82) is 0 Å². The minimum absolute atomic E-state index is 0.338. The van der Waals surface area contributed by atoms with Crippen molar-refractivity contribution < 1.29 is 13.2 Å². The summed E-state index contributed by atoms with van der Waals surface area (Å²) in [4.78, 5) is 0. The Kier molecular flexibility index (Phi) is 2.59. The minimum Gasteiger partial charge on any atom is -0.382 e. The molecule has 0 spiro atoms. The van der Waals surface area contributed by atoms with Gasteiger partial charge >= 0.3 is 6.18 Å². The number of rotatable bonds is 1. The molecule has 6 heteroatoms. The molecule has 0 saturated heterocycles. The van der Waals surface area contributed by atoms with E-state index in [-0.39, 0.29) is 0 Å². The van der Waals surface area contributed by atoms with Crippen molar-refractivity contribution in [1.82, 2.24) is 4.37 Å². The normalized spacial score (nSPS) is 11.7.